The van der Waals surface area contributed by atoms with Gasteiger partial charge < -0.3 is 5.11 Å². The first kappa shape index (κ1) is 12.4. The number of phenolic OH excluding ortho intramolecular Hbond substituents is 1. The molecule has 0 amide bonds. The van der Waals surface area contributed by atoms with Gasteiger partial charge in [0.1, 0.15) is 10.8 Å². The van der Waals surface area contributed by atoms with E-state index in [-0.39, 0.29) is 5.75 Å². The Morgan fingerprint density at radius 3 is 2.47 bits per heavy atom. The van der Waals surface area contributed by atoms with Crippen molar-refractivity contribution < 1.29 is 5.11 Å². The first-order valence-corrected chi connectivity index (χ1v) is 7.41. The van der Waals surface area contributed by atoms with Gasteiger partial charge in [0.25, 0.3) is 0 Å². The van der Waals surface area contributed by atoms with Gasteiger partial charge in [-0.3, -0.25) is 0 Å². The molecule has 1 heterocycles. The highest BCUT2D eigenvalue weighted by Gasteiger charge is 2.08. The van der Waals surface area contributed by atoms with Crippen molar-refractivity contribution in [3.8, 4) is 27.6 Å². The lowest BCUT2D eigenvalue weighted by Gasteiger charge is -1.99. The fraction of sp³-hybridized carbons (Fsp3) is 0. The molecule has 19 heavy (non-hydrogen) atoms. The van der Waals surface area contributed by atoms with Gasteiger partial charge in [-0.25, -0.2) is 4.98 Å². The van der Waals surface area contributed by atoms with Crippen LogP contribution >= 0.6 is 27.3 Å². The minimum Gasteiger partial charge on any atom is -0.508 e. The third kappa shape index (κ3) is 2.55. The molecule has 1 N–H and O–H groups in total. The maximum atomic E-state index is 9.30. The van der Waals surface area contributed by atoms with Crippen molar-refractivity contribution in [3.63, 3.8) is 0 Å². The average molecular weight is 332 g/mol. The summed E-state index contributed by atoms with van der Waals surface area (Å²) in [5, 5.41) is 12.3. The summed E-state index contributed by atoms with van der Waals surface area (Å²) in [7, 11) is 0. The van der Waals surface area contributed by atoms with E-state index in [2.05, 4.69) is 20.9 Å². The van der Waals surface area contributed by atoms with Gasteiger partial charge in [0.2, 0.25) is 0 Å². The molecule has 0 radical (unpaired) electrons. The molecule has 0 saturated carbocycles. The van der Waals surface area contributed by atoms with E-state index in [1.807, 2.05) is 41.8 Å². The van der Waals surface area contributed by atoms with Crippen LogP contribution in [0, 0.1) is 0 Å². The standard InChI is InChI=1S/C15H10BrNOS/c16-13-4-2-1-3-12(13)14-9-19-15(17-14)10-5-7-11(18)8-6-10/h1-9,18H. The van der Waals surface area contributed by atoms with Crippen LogP contribution in [-0.4, -0.2) is 10.1 Å². The summed E-state index contributed by atoms with van der Waals surface area (Å²) >= 11 is 5.14. The number of hydrogen-bond donors (Lipinski definition) is 1. The molecule has 3 rings (SSSR count). The van der Waals surface area contributed by atoms with Crippen molar-refractivity contribution in [2.45, 2.75) is 0 Å². The van der Waals surface area contributed by atoms with Gasteiger partial charge in [-0.2, -0.15) is 0 Å². The van der Waals surface area contributed by atoms with Crippen LogP contribution in [-0.2, 0) is 0 Å². The molecule has 0 fully saturated rings. The van der Waals surface area contributed by atoms with Crippen LogP contribution in [0.25, 0.3) is 21.8 Å². The molecule has 0 saturated heterocycles. The molecule has 3 aromatic rings. The minimum absolute atomic E-state index is 0.270. The van der Waals surface area contributed by atoms with Gasteiger partial charge in [0, 0.05) is 21.0 Å². The summed E-state index contributed by atoms with van der Waals surface area (Å²) in [4.78, 5) is 4.65. The molecule has 0 atom stereocenters. The average Bonchev–Trinajstić information content (AvgIpc) is 2.89. The Labute approximate surface area is 123 Å². The molecule has 0 bridgehead atoms. The number of thiazole rings is 1. The minimum atomic E-state index is 0.270. The van der Waals surface area contributed by atoms with Crippen molar-refractivity contribution in [1.82, 2.24) is 4.98 Å². The number of halogens is 1. The van der Waals surface area contributed by atoms with Gasteiger partial charge in [-0.05, 0) is 30.3 Å². The Hall–Kier alpha value is -1.65. The fourth-order valence-corrected chi connectivity index (χ4v) is 3.12. The van der Waals surface area contributed by atoms with Crippen molar-refractivity contribution >= 4 is 27.3 Å². The SMILES string of the molecule is Oc1ccc(-c2nc(-c3ccccc3Br)cs2)cc1. The van der Waals surface area contributed by atoms with E-state index in [9.17, 15) is 5.11 Å². The summed E-state index contributed by atoms with van der Waals surface area (Å²) in [6.07, 6.45) is 0. The third-order valence-corrected chi connectivity index (χ3v) is 4.35. The normalized spacial score (nSPS) is 10.6. The molecule has 1 aromatic heterocycles. The lowest BCUT2D eigenvalue weighted by molar-refractivity contribution is 0.475. The second-order valence-electron chi connectivity index (χ2n) is 4.06. The van der Waals surface area contributed by atoms with Crippen LogP contribution in [0.1, 0.15) is 0 Å². The van der Waals surface area contributed by atoms with Gasteiger partial charge in [-0.15, -0.1) is 11.3 Å². The smallest absolute Gasteiger partial charge is 0.124 e. The number of benzene rings is 2. The molecule has 2 nitrogen and oxygen atoms in total. The number of hydrogen-bond acceptors (Lipinski definition) is 3. The molecule has 2 aromatic carbocycles. The lowest BCUT2D eigenvalue weighted by atomic mass is 10.2. The van der Waals surface area contributed by atoms with Gasteiger partial charge >= 0.3 is 0 Å². The highest BCUT2D eigenvalue weighted by atomic mass is 79.9. The van der Waals surface area contributed by atoms with E-state index in [1.54, 1.807) is 23.5 Å². The van der Waals surface area contributed by atoms with Crippen LogP contribution in [0.2, 0.25) is 0 Å². The molecule has 0 unspecified atom stereocenters. The van der Waals surface area contributed by atoms with Crippen LogP contribution < -0.4 is 0 Å². The Morgan fingerprint density at radius 1 is 1.00 bits per heavy atom. The van der Waals surface area contributed by atoms with Crippen molar-refractivity contribution in [1.29, 1.82) is 0 Å². The molecule has 0 aliphatic carbocycles. The molecule has 0 aliphatic rings. The first-order chi connectivity index (χ1) is 9.24. The highest BCUT2D eigenvalue weighted by molar-refractivity contribution is 9.10. The number of phenols is 1. The van der Waals surface area contributed by atoms with E-state index in [0.29, 0.717) is 0 Å². The zero-order valence-corrected chi connectivity index (χ0v) is 12.3. The summed E-state index contributed by atoms with van der Waals surface area (Å²) in [5.74, 6) is 0.270. The molecule has 4 heteroatoms. The topological polar surface area (TPSA) is 33.1 Å². The maximum absolute atomic E-state index is 9.30. The summed E-state index contributed by atoms with van der Waals surface area (Å²) in [6, 6.07) is 15.1. The van der Waals surface area contributed by atoms with Crippen molar-refractivity contribution in [2.24, 2.45) is 0 Å². The number of nitrogens with zero attached hydrogens (tertiary/aromatic N) is 1. The van der Waals surface area contributed by atoms with E-state index in [1.165, 1.54) is 0 Å². The highest BCUT2D eigenvalue weighted by Crippen LogP contribution is 2.32. The summed E-state index contributed by atoms with van der Waals surface area (Å²) in [6.45, 7) is 0. The van der Waals surface area contributed by atoms with Crippen LogP contribution in [0.5, 0.6) is 5.75 Å². The molecule has 94 valence electrons. The Kier molecular flexibility index (Phi) is 3.36. The summed E-state index contributed by atoms with van der Waals surface area (Å²) < 4.78 is 1.04. The quantitative estimate of drug-likeness (QED) is 0.721. The Bertz CT molecular complexity index is 706. The Balaban J connectivity index is 2.00. The van der Waals surface area contributed by atoms with Crippen LogP contribution in [0.4, 0.5) is 0 Å². The third-order valence-electron chi connectivity index (χ3n) is 2.77. The van der Waals surface area contributed by atoms with Crippen LogP contribution in [0.15, 0.2) is 58.4 Å². The molecule has 0 aliphatic heterocycles. The lowest BCUT2D eigenvalue weighted by Crippen LogP contribution is -1.80. The molecule has 0 spiro atoms. The van der Waals surface area contributed by atoms with E-state index >= 15 is 0 Å². The maximum Gasteiger partial charge on any atom is 0.124 e. The number of rotatable bonds is 2. The zero-order valence-electron chi connectivity index (χ0n) is 9.88. The first-order valence-electron chi connectivity index (χ1n) is 5.74. The monoisotopic (exact) mass is 331 g/mol. The molecular formula is C15H10BrNOS. The van der Waals surface area contributed by atoms with Gasteiger partial charge in [0.15, 0.2) is 0 Å². The zero-order chi connectivity index (χ0) is 13.2. The van der Waals surface area contributed by atoms with Crippen LogP contribution in [0.3, 0.4) is 0 Å². The van der Waals surface area contributed by atoms with Gasteiger partial charge in [-0.1, -0.05) is 34.1 Å². The number of aromatic hydroxyl groups is 1. The second-order valence-corrected chi connectivity index (χ2v) is 5.78. The van der Waals surface area contributed by atoms with E-state index in [4.69, 9.17) is 0 Å². The largest absolute Gasteiger partial charge is 0.508 e. The fourth-order valence-electron chi connectivity index (χ4n) is 1.80. The van der Waals surface area contributed by atoms with E-state index < -0.39 is 0 Å². The predicted molar refractivity (Wildman–Crippen MR) is 82.4 cm³/mol. The molecular weight excluding hydrogens is 322 g/mol. The predicted octanol–water partition coefficient (Wildman–Crippen LogP) is 4.95. The Morgan fingerprint density at radius 2 is 1.74 bits per heavy atom. The van der Waals surface area contributed by atoms with Crippen molar-refractivity contribution in [2.75, 3.05) is 0 Å². The summed E-state index contributed by atoms with van der Waals surface area (Å²) in [5.41, 5.74) is 3.06. The number of aromatic nitrogens is 1. The van der Waals surface area contributed by atoms with Crippen molar-refractivity contribution in [3.05, 3.63) is 58.4 Å². The second kappa shape index (κ2) is 5.15. The van der Waals surface area contributed by atoms with Gasteiger partial charge in [0.05, 0.1) is 5.69 Å². The van der Waals surface area contributed by atoms with E-state index in [0.717, 1.165) is 26.3 Å².